The predicted octanol–water partition coefficient (Wildman–Crippen LogP) is 1.28. The van der Waals surface area contributed by atoms with Crippen molar-refractivity contribution in [2.75, 3.05) is 0 Å². The molecule has 1 rings (SSSR count). The van der Waals surface area contributed by atoms with E-state index in [-0.39, 0.29) is 6.54 Å². The lowest BCUT2D eigenvalue weighted by molar-refractivity contribution is -0.118. The Kier molecular flexibility index (Phi) is 2.42. The van der Waals surface area contributed by atoms with Gasteiger partial charge in [0.1, 0.15) is 16.9 Å². The lowest BCUT2D eigenvalue weighted by Crippen LogP contribution is -2.18. The highest BCUT2D eigenvalue weighted by molar-refractivity contribution is 6.33. The number of primary amides is 1. The summed E-state index contributed by atoms with van der Waals surface area (Å²) in [6.07, 6.45) is 0. The highest BCUT2D eigenvalue weighted by atomic mass is 35.5. The van der Waals surface area contributed by atoms with Crippen LogP contribution in [0, 0.1) is 0 Å². The molecular weight excluding hydrogens is 187 g/mol. The number of rotatable bonds is 2. The minimum atomic E-state index is -0.468. The smallest absolute Gasteiger partial charge is 0.237 e. The molecule has 11 heavy (non-hydrogen) atoms. The number of aromatic nitrogens is 1. The number of amides is 1. The van der Waals surface area contributed by atoms with Crippen LogP contribution >= 0.6 is 23.2 Å². The Bertz CT molecular complexity index is 263. The zero-order chi connectivity index (χ0) is 8.43. The van der Waals surface area contributed by atoms with Gasteiger partial charge in [-0.2, -0.15) is 0 Å². The van der Waals surface area contributed by atoms with E-state index in [1.165, 1.54) is 4.57 Å². The topological polar surface area (TPSA) is 48.0 Å². The molecule has 0 spiro atoms. The van der Waals surface area contributed by atoms with Gasteiger partial charge >= 0.3 is 0 Å². The van der Waals surface area contributed by atoms with Gasteiger partial charge in [0.25, 0.3) is 0 Å². The van der Waals surface area contributed by atoms with Crippen molar-refractivity contribution in [3.63, 3.8) is 0 Å². The molecule has 1 amide bonds. The first kappa shape index (κ1) is 8.43. The van der Waals surface area contributed by atoms with Gasteiger partial charge in [-0.15, -0.1) is 0 Å². The number of carbonyl (C=O) groups is 1. The maximum absolute atomic E-state index is 10.5. The van der Waals surface area contributed by atoms with Gasteiger partial charge in [-0.25, -0.2) is 0 Å². The van der Waals surface area contributed by atoms with E-state index in [1.54, 1.807) is 12.1 Å². The summed E-state index contributed by atoms with van der Waals surface area (Å²) in [4.78, 5) is 10.5. The molecule has 0 unspecified atom stereocenters. The molecule has 0 aliphatic carbocycles. The quantitative estimate of drug-likeness (QED) is 0.755. The number of nitrogens with two attached hydrogens (primary N) is 1. The third kappa shape index (κ3) is 1.88. The standard InChI is InChI=1S/C6H6Cl2N2O/c7-4-1-2-5(8)10(4)3-6(9)11/h1-2H,3H2,(H2,9,11). The van der Waals surface area contributed by atoms with E-state index in [0.717, 1.165) is 0 Å². The van der Waals surface area contributed by atoms with Crippen molar-refractivity contribution in [3.05, 3.63) is 22.4 Å². The van der Waals surface area contributed by atoms with Crippen molar-refractivity contribution < 1.29 is 4.79 Å². The first-order chi connectivity index (χ1) is 5.11. The number of hydrogen-bond acceptors (Lipinski definition) is 1. The third-order valence-corrected chi connectivity index (χ3v) is 1.85. The van der Waals surface area contributed by atoms with Gasteiger partial charge in [0.2, 0.25) is 5.91 Å². The first-order valence-corrected chi connectivity index (χ1v) is 3.65. The van der Waals surface area contributed by atoms with Gasteiger partial charge in [0, 0.05) is 0 Å². The first-order valence-electron chi connectivity index (χ1n) is 2.90. The van der Waals surface area contributed by atoms with E-state index >= 15 is 0 Å². The van der Waals surface area contributed by atoms with Gasteiger partial charge in [0.05, 0.1) is 0 Å². The van der Waals surface area contributed by atoms with Crippen LogP contribution in [0.15, 0.2) is 12.1 Å². The maximum Gasteiger partial charge on any atom is 0.237 e. The molecular formula is C6H6Cl2N2O. The van der Waals surface area contributed by atoms with Crippen molar-refractivity contribution in [3.8, 4) is 0 Å². The Morgan fingerprint density at radius 3 is 2.27 bits per heavy atom. The Hall–Kier alpha value is -0.670. The molecule has 60 valence electrons. The van der Waals surface area contributed by atoms with E-state index in [0.29, 0.717) is 10.3 Å². The van der Waals surface area contributed by atoms with Gasteiger partial charge in [-0.1, -0.05) is 23.2 Å². The Labute approximate surface area is 73.7 Å². The lowest BCUT2D eigenvalue weighted by Gasteiger charge is -2.01. The zero-order valence-electron chi connectivity index (χ0n) is 5.55. The molecule has 0 aromatic carbocycles. The minimum absolute atomic E-state index is 0.0185. The largest absolute Gasteiger partial charge is 0.368 e. The molecule has 0 aliphatic heterocycles. The monoisotopic (exact) mass is 192 g/mol. The number of carbonyl (C=O) groups excluding carboxylic acids is 1. The van der Waals surface area contributed by atoms with Crippen LogP contribution in [-0.4, -0.2) is 10.5 Å². The van der Waals surface area contributed by atoms with Gasteiger partial charge in [0.15, 0.2) is 0 Å². The summed E-state index contributed by atoms with van der Waals surface area (Å²) >= 11 is 11.3. The summed E-state index contributed by atoms with van der Waals surface area (Å²) in [5.41, 5.74) is 4.94. The normalized spacial score (nSPS) is 10.0. The van der Waals surface area contributed by atoms with Crippen molar-refractivity contribution in [2.45, 2.75) is 6.54 Å². The molecule has 0 bridgehead atoms. The van der Waals surface area contributed by atoms with Crippen LogP contribution in [-0.2, 0) is 11.3 Å². The summed E-state index contributed by atoms with van der Waals surface area (Å²) < 4.78 is 1.42. The SMILES string of the molecule is NC(=O)Cn1c(Cl)ccc1Cl. The molecule has 0 saturated heterocycles. The molecule has 0 radical (unpaired) electrons. The summed E-state index contributed by atoms with van der Waals surface area (Å²) in [5.74, 6) is -0.468. The number of halogens is 2. The van der Waals surface area contributed by atoms with Crippen LogP contribution < -0.4 is 5.73 Å². The summed E-state index contributed by atoms with van der Waals surface area (Å²) in [6, 6.07) is 3.21. The van der Waals surface area contributed by atoms with E-state index in [4.69, 9.17) is 28.9 Å². The Morgan fingerprint density at radius 2 is 1.91 bits per heavy atom. The summed E-state index contributed by atoms with van der Waals surface area (Å²) in [5, 5.41) is 0.822. The number of hydrogen-bond donors (Lipinski definition) is 1. The summed E-state index contributed by atoms with van der Waals surface area (Å²) in [7, 11) is 0. The van der Waals surface area contributed by atoms with Crippen LogP contribution in [0.3, 0.4) is 0 Å². The van der Waals surface area contributed by atoms with E-state index in [9.17, 15) is 4.79 Å². The fourth-order valence-corrected chi connectivity index (χ4v) is 1.20. The van der Waals surface area contributed by atoms with E-state index < -0.39 is 5.91 Å². The predicted molar refractivity (Wildman–Crippen MR) is 43.6 cm³/mol. The van der Waals surface area contributed by atoms with Gasteiger partial charge < -0.3 is 10.3 Å². The molecule has 1 heterocycles. The average Bonchev–Trinajstić information content (AvgIpc) is 2.18. The highest BCUT2D eigenvalue weighted by Gasteiger charge is 2.05. The minimum Gasteiger partial charge on any atom is -0.368 e. The van der Waals surface area contributed by atoms with Crippen LogP contribution in [0.2, 0.25) is 10.3 Å². The van der Waals surface area contributed by atoms with Crippen LogP contribution in [0.5, 0.6) is 0 Å². The molecule has 1 aromatic rings. The molecule has 2 N–H and O–H groups in total. The van der Waals surface area contributed by atoms with Crippen molar-refractivity contribution in [1.82, 2.24) is 4.57 Å². The molecule has 5 heteroatoms. The fraction of sp³-hybridized carbons (Fsp3) is 0.167. The second-order valence-corrected chi connectivity index (χ2v) is 2.81. The van der Waals surface area contributed by atoms with Gasteiger partial charge in [-0.05, 0) is 12.1 Å². The van der Waals surface area contributed by atoms with Gasteiger partial charge in [-0.3, -0.25) is 4.79 Å². The molecule has 0 saturated carbocycles. The van der Waals surface area contributed by atoms with E-state index in [2.05, 4.69) is 0 Å². The van der Waals surface area contributed by atoms with Crippen LogP contribution in [0.4, 0.5) is 0 Å². The van der Waals surface area contributed by atoms with Crippen LogP contribution in [0.1, 0.15) is 0 Å². The average molecular weight is 193 g/mol. The third-order valence-electron chi connectivity index (χ3n) is 1.19. The second-order valence-electron chi connectivity index (χ2n) is 2.03. The second kappa shape index (κ2) is 3.15. The molecule has 0 aliphatic rings. The number of nitrogens with zero attached hydrogens (tertiary/aromatic N) is 1. The highest BCUT2D eigenvalue weighted by Crippen LogP contribution is 2.18. The summed E-state index contributed by atoms with van der Waals surface area (Å²) in [6.45, 7) is 0.0185. The fourth-order valence-electron chi connectivity index (χ4n) is 0.726. The van der Waals surface area contributed by atoms with Crippen molar-refractivity contribution in [2.24, 2.45) is 5.73 Å². The Balaban J connectivity index is 2.92. The molecule has 0 fully saturated rings. The van der Waals surface area contributed by atoms with Crippen molar-refractivity contribution in [1.29, 1.82) is 0 Å². The zero-order valence-corrected chi connectivity index (χ0v) is 7.06. The molecule has 3 nitrogen and oxygen atoms in total. The van der Waals surface area contributed by atoms with Crippen LogP contribution in [0.25, 0.3) is 0 Å². The maximum atomic E-state index is 10.5. The molecule has 1 aromatic heterocycles. The van der Waals surface area contributed by atoms with E-state index in [1.807, 2.05) is 0 Å². The lowest BCUT2D eigenvalue weighted by atomic mass is 10.6. The van der Waals surface area contributed by atoms with Crippen molar-refractivity contribution >= 4 is 29.1 Å². The molecule has 0 atom stereocenters. The Morgan fingerprint density at radius 1 is 1.45 bits per heavy atom.